The molecule has 5 nitrogen and oxygen atoms in total. The maximum Gasteiger partial charge on any atom is 0.328 e. The van der Waals surface area contributed by atoms with E-state index < -0.39 is 17.9 Å². The fourth-order valence-electron chi connectivity index (χ4n) is 1.96. The summed E-state index contributed by atoms with van der Waals surface area (Å²) in [6.07, 6.45) is 2.88. The van der Waals surface area contributed by atoms with Crippen molar-refractivity contribution in [3.8, 4) is 6.07 Å². The number of aliphatic imine (C=N–C) groups is 1. The number of carbonyl (C=O) groups excluding carboxylic acids is 1. The molecule has 1 aromatic carbocycles. The van der Waals surface area contributed by atoms with Crippen LogP contribution >= 0.6 is 0 Å². The number of nitriles is 1. The molecule has 0 aliphatic carbocycles. The van der Waals surface area contributed by atoms with E-state index in [9.17, 15) is 4.79 Å². The van der Waals surface area contributed by atoms with Crippen LogP contribution in [-0.2, 0) is 9.53 Å². The molecule has 2 rings (SSSR count). The Labute approximate surface area is 128 Å². The maximum atomic E-state index is 11.7. The standard InChI is InChI=1S/C17H16N2O3/c1-2-21-17(20)14(11-18)12-19-16(15-9-6-10-22-15)13-7-4-3-5-8-13/h3-10,12,14,16H,2H2,1H3/t14-,16+/m0/s1. The molecule has 0 aliphatic rings. The Morgan fingerprint density at radius 3 is 2.73 bits per heavy atom. The molecule has 0 fully saturated rings. The van der Waals surface area contributed by atoms with Crippen molar-refractivity contribution in [2.45, 2.75) is 13.0 Å². The lowest BCUT2D eigenvalue weighted by atomic mass is 10.1. The van der Waals surface area contributed by atoms with Gasteiger partial charge >= 0.3 is 5.97 Å². The number of ether oxygens (including phenoxy) is 1. The van der Waals surface area contributed by atoms with Crippen molar-refractivity contribution in [1.29, 1.82) is 5.26 Å². The molecule has 0 spiro atoms. The summed E-state index contributed by atoms with van der Waals surface area (Å²) >= 11 is 0. The van der Waals surface area contributed by atoms with Gasteiger partial charge in [0.2, 0.25) is 0 Å². The van der Waals surface area contributed by atoms with Gasteiger partial charge in [-0.2, -0.15) is 5.26 Å². The van der Waals surface area contributed by atoms with Crippen molar-refractivity contribution in [2.24, 2.45) is 10.9 Å². The summed E-state index contributed by atoms with van der Waals surface area (Å²) in [6, 6.07) is 14.6. The van der Waals surface area contributed by atoms with Crippen LogP contribution in [0.2, 0.25) is 0 Å². The quantitative estimate of drug-likeness (QED) is 0.606. The summed E-state index contributed by atoms with van der Waals surface area (Å²) in [7, 11) is 0. The lowest BCUT2D eigenvalue weighted by Crippen LogP contribution is -2.17. The summed E-state index contributed by atoms with van der Waals surface area (Å²) in [5.74, 6) is -0.982. The third-order valence-corrected chi connectivity index (χ3v) is 2.99. The highest BCUT2D eigenvalue weighted by Crippen LogP contribution is 2.26. The average molecular weight is 296 g/mol. The SMILES string of the molecule is CCOC(=O)[C@@H](C#N)C=N[C@H](c1ccccc1)c1ccco1. The number of carbonyl (C=O) groups is 1. The molecule has 0 amide bonds. The first kappa shape index (κ1) is 15.5. The van der Waals surface area contributed by atoms with E-state index in [4.69, 9.17) is 14.4 Å². The monoisotopic (exact) mass is 296 g/mol. The molecule has 0 saturated carbocycles. The third-order valence-electron chi connectivity index (χ3n) is 2.99. The number of benzene rings is 1. The molecule has 112 valence electrons. The molecule has 0 saturated heterocycles. The van der Waals surface area contributed by atoms with Gasteiger partial charge in [-0.05, 0) is 24.6 Å². The molecule has 0 bridgehead atoms. The van der Waals surface area contributed by atoms with E-state index in [2.05, 4.69) is 4.99 Å². The van der Waals surface area contributed by atoms with E-state index in [0.717, 1.165) is 5.56 Å². The van der Waals surface area contributed by atoms with E-state index in [-0.39, 0.29) is 6.61 Å². The molecule has 0 radical (unpaired) electrons. The van der Waals surface area contributed by atoms with Gasteiger partial charge < -0.3 is 9.15 Å². The molecule has 0 N–H and O–H groups in total. The first-order valence-electron chi connectivity index (χ1n) is 6.94. The summed E-state index contributed by atoms with van der Waals surface area (Å²) in [5, 5.41) is 9.07. The van der Waals surface area contributed by atoms with Gasteiger partial charge in [0.05, 0.1) is 18.9 Å². The van der Waals surface area contributed by atoms with Crippen LogP contribution in [0.1, 0.15) is 24.3 Å². The van der Waals surface area contributed by atoms with Crippen LogP contribution in [-0.4, -0.2) is 18.8 Å². The molecule has 5 heteroatoms. The van der Waals surface area contributed by atoms with Crippen LogP contribution in [0.3, 0.4) is 0 Å². The zero-order valence-electron chi connectivity index (χ0n) is 12.2. The van der Waals surface area contributed by atoms with Crippen molar-refractivity contribution in [2.75, 3.05) is 6.61 Å². The van der Waals surface area contributed by atoms with Crippen LogP contribution in [0.15, 0.2) is 58.1 Å². The Bertz CT molecular complexity index is 657. The number of esters is 1. The third kappa shape index (κ3) is 3.83. The smallest absolute Gasteiger partial charge is 0.328 e. The second-order valence-corrected chi connectivity index (χ2v) is 4.49. The van der Waals surface area contributed by atoms with E-state index in [1.807, 2.05) is 36.4 Å². The Morgan fingerprint density at radius 1 is 1.36 bits per heavy atom. The lowest BCUT2D eigenvalue weighted by Gasteiger charge is -2.11. The topological polar surface area (TPSA) is 75.6 Å². The largest absolute Gasteiger partial charge is 0.467 e. The molecule has 0 aliphatic heterocycles. The Kier molecular flexibility index (Phi) is 5.50. The van der Waals surface area contributed by atoms with Gasteiger partial charge in [-0.15, -0.1) is 0 Å². The fraction of sp³-hybridized carbons (Fsp3) is 0.235. The number of nitrogens with zero attached hydrogens (tertiary/aromatic N) is 2. The summed E-state index contributed by atoms with van der Waals surface area (Å²) in [4.78, 5) is 16.0. The molecule has 2 aromatic rings. The highest BCUT2D eigenvalue weighted by Gasteiger charge is 2.19. The predicted molar refractivity (Wildman–Crippen MR) is 81.2 cm³/mol. The minimum atomic E-state index is -1.03. The van der Waals surface area contributed by atoms with Crippen molar-refractivity contribution in [1.82, 2.24) is 0 Å². The second kappa shape index (κ2) is 7.79. The summed E-state index contributed by atoms with van der Waals surface area (Å²) in [6.45, 7) is 1.92. The Balaban J connectivity index is 2.26. The van der Waals surface area contributed by atoms with Gasteiger partial charge in [-0.25, -0.2) is 0 Å². The van der Waals surface area contributed by atoms with Crippen LogP contribution in [0, 0.1) is 17.2 Å². The van der Waals surface area contributed by atoms with Crippen molar-refractivity contribution in [3.63, 3.8) is 0 Å². The Hall–Kier alpha value is -2.87. The van der Waals surface area contributed by atoms with E-state index in [1.54, 1.807) is 25.3 Å². The summed E-state index contributed by atoms with van der Waals surface area (Å²) < 4.78 is 10.3. The van der Waals surface area contributed by atoms with Gasteiger partial charge in [0.25, 0.3) is 0 Å². The average Bonchev–Trinajstić information content (AvgIpc) is 3.07. The zero-order chi connectivity index (χ0) is 15.8. The number of hydrogen-bond acceptors (Lipinski definition) is 5. The van der Waals surface area contributed by atoms with Crippen molar-refractivity contribution in [3.05, 3.63) is 60.1 Å². The van der Waals surface area contributed by atoms with Gasteiger partial charge in [-0.3, -0.25) is 9.79 Å². The second-order valence-electron chi connectivity index (χ2n) is 4.49. The lowest BCUT2D eigenvalue weighted by molar-refractivity contribution is -0.143. The predicted octanol–water partition coefficient (Wildman–Crippen LogP) is 3.14. The van der Waals surface area contributed by atoms with E-state index >= 15 is 0 Å². The van der Waals surface area contributed by atoms with Gasteiger partial charge in [0, 0.05) is 6.21 Å². The van der Waals surface area contributed by atoms with Crippen molar-refractivity contribution < 1.29 is 13.9 Å². The highest BCUT2D eigenvalue weighted by atomic mass is 16.5. The van der Waals surface area contributed by atoms with Crippen LogP contribution in [0.4, 0.5) is 0 Å². The Morgan fingerprint density at radius 2 is 2.14 bits per heavy atom. The minimum absolute atomic E-state index is 0.227. The zero-order valence-corrected chi connectivity index (χ0v) is 12.2. The molecule has 2 atom stereocenters. The van der Waals surface area contributed by atoms with Crippen LogP contribution in [0.25, 0.3) is 0 Å². The van der Waals surface area contributed by atoms with Gasteiger partial charge in [0.1, 0.15) is 11.8 Å². The highest BCUT2D eigenvalue weighted by molar-refractivity contribution is 5.93. The molecule has 0 unspecified atom stereocenters. The normalized spacial score (nSPS) is 13.5. The molecule has 22 heavy (non-hydrogen) atoms. The molecular formula is C17H16N2O3. The van der Waals surface area contributed by atoms with Gasteiger partial charge in [0.15, 0.2) is 5.92 Å². The minimum Gasteiger partial charge on any atom is -0.467 e. The molecular weight excluding hydrogens is 280 g/mol. The summed E-state index contributed by atoms with van der Waals surface area (Å²) in [5.41, 5.74) is 0.911. The maximum absolute atomic E-state index is 11.7. The first-order valence-corrected chi connectivity index (χ1v) is 6.94. The number of furan rings is 1. The molecule has 1 heterocycles. The molecule has 1 aromatic heterocycles. The van der Waals surface area contributed by atoms with E-state index in [1.165, 1.54) is 6.21 Å². The number of hydrogen-bond donors (Lipinski definition) is 0. The van der Waals surface area contributed by atoms with E-state index in [0.29, 0.717) is 5.76 Å². The van der Waals surface area contributed by atoms with Gasteiger partial charge in [-0.1, -0.05) is 30.3 Å². The van der Waals surface area contributed by atoms with Crippen LogP contribution in [0.5, 0.6) is 0 Å². The van der Waals surface area contributed by atoms with Crippen molar-refractivity contribution >= 4 is 12.2 Å². The van der Waals surface area contributed by atoms with Crippen LogP contribution < -0.4 is 0 Å². The fourth-order valence-corrected chi connectivity index (χ4v) is 1.96. The number of rotatable bonds is 6. The first-order chi connectivity index (χ1) is 10.8.